The molecule has 0 saturated carbocycles. The number of fused-ring (bicyclic) bond motifs is 1. The van der Waals surface area contributed by atoms with Gasteiger partial charge in [0, 0.05) is 50.0 Å². The van der Waals surface area contributed by atoms with Crippen molar-refractivity contribution in [1.29, 1.82) is 0 Å². The van der Waals surface area contributed by atoms with Gasteiger partial charge in [0.2, 0.25) is 5.95 Å². The van der Waals surface area contributed by atoms with E-state index < -0.39 is 9.84 Å². The number of anilines is 3. The van der Waals surface area contributed by atoms with Gasteiger partial charge in [0.05, 0.1) is 17.1 Å². The van der Waals surface area contributed by atoms with Crippen molar-refractivity contribution in [1.82, 2.24) is 24.2 Å². The molecule has 1 N–H and O–H groups in total. The molecule has 0 aliphatic carbocycles. The fourth-order valence-corrected chi connectivity index (χ4v) is 5.09. The maximum Gasteiger partial charge on any atom is 0.278 e. The Labute approximate surface area is 215 Å². The molecule has 0 atom stereocenters. The first-order valence-corrected chi connectivity index (χ1v) is 13.8. The van der Waals surface area contributed by atoms with Crippen LogP contribution in [0.2, 0.25) is 0 Å². The van der Waals surface area contributed by atoms with Gasteiger partial charge in [-0.1, -0.05) is 12.1 Å². The number of piperazine rings is 1. The highest BCUT2D eigenvalue weighted by Gasteiger charge is 2.19. The van der Waals surface area contributed by atoms with Crippen molar-refractivity contribution >= 4 is 38.2 Å². The molecule has 0 bridgehead atoms. The van der Waals surface area contributed by atoms with Gasteiger partial charge in [-0.3, -0.25) is 4.79 Å². The number of hydrogen-bond donors (Lipinski definition) is 1. The third kappa shape index (κ3) is 5.00. The summed E-state index contributed by atoms with van der Waals surface area (Å²) in [6.45, 7) is 8.02. The third-order valence-corrected chi connectivity index (χ3v) is 7.57. The van der Waals surface area contributed by atoms with Crippen molar-refractivity contribution < 1.29 is 8.42 Å². The highest BCUT2D eigenvalue weighted by molar-refractivity contribution is 7.90. The van der Waals surface area contributed by atoms with Crippen LogP contribution in [0.3, 0.4) is 0 Å². The van der Waals surface area contributed by atoms with Crippen LogP contribution >= 0.6 is 0 Å². The van der Waals surface area contributed by atoms with Gasteiger partial charge >= 0.3 is 0 Å². The monoisotopic (exact) mass is 519 g/mol. The van der Waals surface area contributed by atoms with Crippen LogP contribution < -0.4 is 15.8 Å². The Bertz CT molecular complexity index is 1620. The quantitative estimate of drug-likeness (QED) is 0.372. The Morgan fingerprint density at radius 1 is 1.05 bits per heavy atom. The van der Waals surface area contributed by atoms with Gasteiger partial charge < -0.3 is 15.1 Å². The minimum absolute atomic E-state index is 0.150. The van der Waals surface area contributed by atoms with Crippen molar-refractivity contribution in [2.24, 2.45) is 0 Å². The Hall–Kier alpha value is -3.96. The van der Waals surface area contributed by atoms with Gasteiger partial charge in [-0.2, -0.15) is 4.98 Å². The molecule has 192 valence electrons. The lowest BCUT2D eigenvalue weighted by molar-refractivity contribution is 0.313. The Kier molecular flexibility index (Phi) is 6.57. The number of hydrogen-bond acceptors (Lipinski definition) is 8. The largest absolute Gasteiger partial charge is 0.369 e. The first kappa shape index (κ1) is 24.7. The van der Waals surface area contributed by atoms with E-state index in [4.69, 9.17) is 0 Å². The molecule has 11 heteroatoms. The van der Waals surface area contributed by atoms with Crippen molar-refractivity contribution in [3.05, 3.63) is 77.7 Å². The van der Waals surface area contributed by atoms with E-state index >= 15 is 0 Å². The molecule has 10 nitrogen and oxygen atoms in total. The Balaban J connectivity index is 1.51. The van der Waals surface area contributed by atoms with Crippen LogP contribution in [-0.4, -0.2) is 72.1 Å². The summed E-state index contributed by atoms with van der Waals surface area (Å²) in [7, 11) is -1.31. The van der Waals surface area contributed by atoms with E-state index in [2.05, 4.69) is 50.8 Å². The minimum atomic E-state index is -3.44. The molecule has 1 aliphatic rings. The van der Waals surface area contributed by atoms with Crippen molar-refractivity contribution in [3.8, 4) is 5.69 Å². The zero-order valence-electron chi connectivity index (χ0n) is 20.8. The summed E-state index contributed by atoms with van der Waals surface area (Å²) in [5, 5.41) is 3.54. The molecule has 5 rings (SSSR count). The lowest BCUT2D eigenvalue weighted by Gasteiger charge is -2.34. The van der Waals surface area contributed by atoms with Crippen LogP contribution in [0.4, 0.5) is 17.3 Å². The van der Waals surface area contributed by atoms with E-state index in [1.165, 1.54) is 23.0 Å². The van der Waals surface area contributed by atoms with Gasteiger partial charge in [0.15, 0.2) is 15.5 Å². The topological polar surface area (TPSA) is 105 Å². The smallest absolute Gasteiger partial charge is 0.278 e. The van der Waals surface area contributed by atoms with Gasteiger partial charge in [-0.15, -0.1) is 6.58 Å². The molecule has 2 aromatic carbocycles. The van der Waals surface area contributed by atoms with E-state index in [1.54, 1.807) is 22.9 Å². The number of nitrogens with zero attached hydrogens (tertiary/aromatic N) is 6. The number of allylic oxidation sites excluding steroid dienone is 1. The highest BCUT2D eigenvalue weighted by atomic mass is 32.2. The van der Waals surface area contributed by atoms with E-state index in [1.807, 2.05) is 12.1 Å². The lowest BCUT2D eigenvalue weighted by atomic mass is 10.2. The normalized spacial score (nSPS) is 14.7. The average molecular weight is 520 g/mol. The summed E-state index contributed by atoms with van der Waals surface area (Å²) >= 11 is 0. The first-order chi connectivity index (χ1) is 17.7. The second-order valence-electron chi connectivity index (χ2n) is 9.15. The number of nitrogens with one attached hydrogen (secondary N) is 1. The van der Waals surface area contributed by atoms with Gasteiger partial charge in [-0.25, -0.2) is 22.8 Å². The maximum absolute atomic E-state index is 13.1. The number of rotatable bonds is 7. The van der Waals surface area contributed by atoms with E-state index in [0.717, 1.165) is 43.8 Å². The Morgan fingerprint density at radius 2 is 1.78 bits per heavy atom. The zero-order valence-corrected chi connectivity index (χ0v) is 21.6. The molecule has 1 fully saturated rings. The predicted octanol–water partition coefficient (Wildman–Crippen LogP) is 2.67. The zero-order chi connectivity index (χ0) is 26.2. The number of benzene rings is 2. The maximum atomic E-state index is 13.1. The van der Waals surface area contributed by atoms with E-state index in [9.17, 15) is 13.2 Å². The fraction of sp³-hybridized carbons (Fsp3) is 0.269. The molecule has 0 spiro atoms. The molecule has 3 heterocycles. The standard InChI is InChI=1S/C26H29N7O3S/c1-4-12-32-25(34)23-18-27-26(28-19-8-10-20(11-9-19)31-15-13-30(2)14-16-31)29-24(23)33(32)21-6-5-7-22(17-21)37(3,35)36/h4-11,17-18H,1,12-16H2,2-3H3,(H,27,28,29). The molecule has 0 amide bonds. The molecular formula is C26H29N7O3S. The summed E-state index contributed by atoms with van der Waals surface area (Å²) in [6, 6.07) is 14.5. The van der Waals surface area contributed by atoms with Crippen molar-refractivity contribution in [2.45, 2.75) is 11.4 Å². The lowest BCUT2D eigenvalue weighted by Crippen LogP contribution is -2.44. The summed E-state index contributed by atoms with van der Waals surface area (Å²) in [5.41, 5.74) is 2.55. The first-order valence-electron chi connectivity index (χ1n) is 11.9. The molecule has 4 aromatic rings. The highest BCUT2D eigenvalue weighted by Crippen LogP contribution is 2.23. The second kappa shape index (κ2) is 9.83. The number of aromatic nitrogens is 4. The van der Waals surface area contributed by atoms with Gasteiger partial charge in [0.1, 0.15) is 5.39 Å². The molecule has 2 aromatic heterocycles. The average Bonchev–Trinajstić information content (AvgIpc) is 3.15. The number of sulfone groups is 1. The summed E-state index contributed by atoms with van der Waals surface area (Å²) in [6.07, 6.45) is 4.24. The van der Waals surface area contributed by atoms with Gasteiger partial charge in [-0.05, 0) is 49.5 Å². The van der Waals surface area contributed by atoms with Crippen LogP contribution in [0.25, 0.3) is 16.7 Å². The van der Waals surface area contributed by atoms with Crippen LogP contribution in [0.1, 0.15) is 0 Å². The minimum Gasteiger partial charge on any atom is -0.369 e. The SMILES string of the molecule is C=CCn1c(=O)c2cnc(Nc3ccc(N4CCN(C)CC4)cc3)nc2n1-c1cccc(S(C)(=O)=O)c1. The van der Waals surface area contributed by atoms with Crippen LogP contribution in [0.15, 0.2) is 77.1 Å². The molecule has 1 saturated heterocycles. The predicted molar refractivity (Wildman–Crippen MR) is 146 cm³/mol. The summed E-state index contributed by atoms with van der Waals surface area (Å²) in [5.74, 6) is 0.323. The molecule has 0 unspecified atom stereocenters. The summed E-state index contributed by atoms with van der Waals surface area (Å²) < 4.78 is 27.4. The van der Waals surface area contributed by atoms with Crippen LogP contribution in [0.5, 0.6) is 0 Å². The number of likely N-dealkylation sites (N-methyl/N-ethyl adjacent to an activating group) is 1. The molecule has 0 radical (unpaired) electrons. The van der Waals surface area contributed by atoms with Gasteiger partial charge in [0.25, 0.3) is 5.56 Å². The Morgan fingerprint density at radius 3 is 2.46 bits per heavy atom. The van der Waals surface area contributed by atoms with Crippen molar-refractivity contribution in [3.63, 3.8) is 0 Å². The third-order valence-electron chi connectivity index (χ3n) is 6.46. The van der Waals surface area contributed by atoms with Crippen LogP contribution in [-0.2, 0) is 16.4 Å². The molecule has 37 heavy (non-hydrogen) atoms. The molecule has 1 aliphatic heterocycles. The second-order valence-corrected chi connectivity index (χ2v) is 11.2. The van der Waals surface area contributed by atoms with E-state index in [0.29, 0.717) is 22.7 Å². The summed E-state index contributed by atoms with van der Waals surface area (Å²) in [4.78, 5) is 27.0. The van der Waals surface area contributed by atoms with E-state index in [-0.39, 0.29) is 17.0 Å². The molecular weight excluding hydrogens is 490 g/mol. The fourth-order valence-electron chi connectivity index (χ4n) is 4.43. The van der Waals surface area contributed by atoms with Crippen molar-refractivity contribution in [2.75, 3.05) is 49.7 Å². The van der Waals surface area contributed by atoms with Crippen LogP contribution in [0, 0.1) is 0 Å².